The zero-order valence-electron chi connectivity index (χ0n) is 16.4. The van der Waals surface area contributed by atoms with Crippen LogP contribution in [0.4, 0.5) is 18.0 Å². The van der Waals surface area contributed by atoms with Crippen LogP contribution in [0, 0.1) is 5.92 Å². The fourth-order valence-corrected chi connectivity index (χ4v) is 3.07. The van der Waals surface area contributed by atoms with Crippen LogP contribution in [-0.4, -0.2) is 63.5 Å². The van der Waals surface area contributed by atoms with Crippen molar-refractivity contribution < 1.29 is 37.0 Å². The van der Waals surface area contributed by atoms with E-state index >= 15 is 0 Å². The highest BCUT2D eigenvalue weighted by Gasteiger charge is 2.32. The Morgan fingerprint density at radius 1 is 1.14 bits per heavy atom. The summed E-state index contributed by atoms with van der Waals surface area (Å²) in [5, 5.41) is 2.86. The van der Waals surface area contributed by atoms with E-state index in [1.54, 1.807) is 20.3 Å². The van der Waals surface area contributed by atoms with Gasteiger partial charge in [-0.25, -0.2) is 4.79 Å². The van der Waals surface area contributed by atoms with Crippen molar-refractivity contribution in [1.29, 1.82) is 0 Å². The number of amides is 2. The summed E-state index contributed by atoms with van der Waals surface area (Å²) in [6.07, 6.45) is -4.20. The van der Waals surface area contributed by atoms with Crippen molar-refractivity contribution in [3.05, 3.63) is 23.8 Å². The van der Waals surface area contributed by atoms with E-state index in [9.17, 15) is 22.8 Å². The molecule has 10 heteroatoms. The maximum atomic E-state index is 12.3. The summed E-state index contributed by atoms with van der Waals surface area (Å²) in [4.78, 5) is 25.1. The zero-order chi connectivity index (χ0) is 21.4. The van der Waals surface area contributed by atoms with E-state index in [1.807, 2.05) is 12.1 Å². The normalized spacial score (nSPS) is 15.0. The van der Waals surface area contributed by atoms with E-state index in [0.29, 0.717) is 37.3 Å². The molecule has 0 bridgehead atoms. The van der Waals surface area contributed by atoms with Gasteiger partial charge in [0, 0.05) is 25.6 Å². The van der Waals surface area contributed by atoms with E-state index in [1.165, 1.54) is 4.90 Å². The Hall–Kier alpha value is -2.65. The van der Waals surface area contributed by atoms with Crippen LogP contribution < -0.4 is 14.8 Å². The van der Waals surface area contributed by atoms with Gasteiger partial charge in [-0.05, 0) is 37.0 Å². The number of alkyl halides is 3. The van der Waals surface area contributed by atoms with Crippen LogP contribution in [0.15, 0.2) is 18.2 Å². The van der Waals surface area contributed by atoms with Gasteiger partial charge >= 0.3 is 12.3 Å². The molecule has 0 atom stereocenters. The molecule has 29 heavy (non-hydrogen) atoms. The minimum absolute atomic E-state index is 0.131. The van der Waals surface area contributed by atoms with Crippen molar-refractivity contribution in [2.75, 3.05) is 40.5 Å². The van der Waals surface area contributed by atoms with Crippen LogP contribution in [0.1, 0.15) is 18.4 Å². The second kappa shape index (κ2) is 10.2. The number of hydrogen-bond donors (Lipinski definition) is 1. The third-order valence-electron chi connectivity index (χ3n) is 4.64. The fourth-order valence-electron chi connectivity index (χ4n) is 3.07. The highest BCUT2D eigenvalue weighted by atomic mass is 19.4. The number of halogens is 3. The van der Waals surface area contributed by atoms with E-state index in [4.69, 9.17) is 9.47 Å². The smallest absolute Gasteiger partial charge is 0.422 e. The van der Waals surface area contributed by atoms with Gasteiger partial charge < -0.3 is 24.4 Å². The SMILES string of the molecule is COc1ccc(CCNC(=O)C2CCN(C(=O)OCC(F)(F)F)CC2)cc1OC. The van der Waals surface area contributed by atoms with Crippen LogP contribution in [0.2, 0.25) is 0 Å². The molecule has 0 saturated carbocycles. The Kier molecular flexibility index (Phi) is 7.98. The maximum absolute atomic E-state index is 12.3. The number of benzene rings is 1. The lowest BCUT2D eigenvalue weighted by atomic mass is 9.96. The molecule has 1 N–H and O–H groups in total. The maximum Gasteiger partial charge on any atom is 0.422 e. The van der Waals surface area contributed by atoms with Gasteiger partial charge in [-0.3, -0.25) is 4.79 Å². The number of nitrogens with one attached hydrogen (secondary N) is 1. The number of piperidine rings is 1. The summed E-state index contributed by atoms with van der Waals surface area (Å²) in [5.74, 6) is 0.822. The van der Waals surface area contributed by atoms with Gasteiger partial charge in [0.2, 0.25) is 5.91 Å². The molecule has 1 aliphatic rings. The molecule has 1 aromatic carbocycles. The summed E-state index contributed by atoms with van der Waals surface area (Å²) in [5.41, 5.74) is 0.977. The van der Waals surface area contributed by atoms with Crippen molar-refractivity contribution in [3.8, 4) is 11.5 Å². The summed E-state index contributed by atoms with van der Waals surface area (Å²) in [6.45, 7) is -0.806. The first kappa shape index (κ1) is 22.6. The van der Waals surface area contributed by atoms with Gasteiger partial charge in [-0.1, -0.05) is 6.07 Å². The number of carbonyl (C=O) groups is 2. The van der Waals surface area contributed by atoms with Crippen LogP contribution in [0.3, 0.4) is 0 Å². The Bertz CT molecular complexity index is 704. The van der Waals surface area contributed by atoms with E-state index < -0.39 is 18.9 Å². The number of rotatable bonds is 7. The molecular formula is C19H25F3N2O5. The van der Waals surface area contributed by atoms with E-state index in [2.05, 4.69) is 10.1 Å². The van der Waals surface area contributed by atoms with Crippen LogP contribution in [-0.2, 0) is 16.0 Å². The van der Waals surface area contributed by atoms with Crippen molar-refractivity contribution in [2.24, 2.45) is 5.92 Å². The van der Waals surface area contributed by atoms with Gasteiger partial charge in [-0.15, -0.1) is 0 Å². The first-order chi connectivity index (χ1) is 13.7. The second-order valence-electron chi connectivity index (χ2n) is 6.66. The van der Waals surface area contributed by atoms with Gasteiger partial charge in [-0.2, -0.15) is 13.2 Å². The topological polar surface area (TPSA) is 77.1 Å². The number of likely N-dealkylation sites (tertiary alicyclic amines) is 1. The summed E-state index contributed by atoms with van der Waals surface area (Å²) >= 11 is 0. The first-order valence-corrected chi connectivity index (χ1v) is 9.20. The standard InChI is InChI=1S/C19H25F3N2O5/c1-27-15-4-3-13(11-16(15)28-2)5-8-23-17(25)14-6-9-24(10-7-14)18(26)29-12-19(20,21)22/h3-4,11,14H,5-10,12H2,1-2H3,(H,23,25). The third-order valence-corrected chi connectivity index (χ3v) is 4.64. The Morgan fingerprint density at radius 3 is 2.38 bits per heavy atom. The number of nitrogens with zero attached hydrogens (tertiary/aromatic N) is 1. The Labute approximate surface area is 167 Å². The number of ether oxygens (including phenoxy) is 3. The predicted octanol–water partition coefficient (Wildman–Crippen LogP) is 2.77. The summed E-state index contributed by atoms with van der Waals surface area (Å²) in [7, 11) is 3.10. The lowest BCUT2D eigenvalue weighted by Gasteiger charge is -2.30. The molecule has 0 aromatic heterocycles. The second-order valence-corrected chi connectivity index (χ2v) is 6.66. The average Bonchev–Trinajstić information content (AvgIpc) is 2.71. The van der Waals surface area contributed by atoms with Crippen molar-refractivity contribution in [3.63, 3.8) is 0 Å². The fraction of sp³-hybridized carbons (Fsp3) is 0.579. The minimum atomic E-state index is -4.55. The molecule has 162 valence electrons. The number of carbonyl (C=O) groups excluding carboxylic acids is 2. The molecule has 2 rings (SSSR count). The first-order valence-electron chi connectivity index (χ1n) is 9.20. The van der Waals surface area contributed by atoms with Crippen molar-refractivity contribution in [2.45, 2.75) is 25.4 Å². The average molecular weight is 418 g/mol. The Balaban J connectivity index is 1.72. The number of methoxy groups -OCH3 is 2. The molecule has 2 amide bonds. The third kappa shape index (κ3) is 7.03. The number of hydrogen-bond acceptors (Lipinski definition) is 5. The highest BCUT2D eigenvalue weighted by molar-refractivity contribution is 5.79. The van der Waals surface area contributed by atoms with E-state index in [-0.39, 0.29) is 24.9 Å². The highest BCUT2D eigenvalue weighted by Crippen LogP contribution is 2.27. The molecule has 0 spiro atoms. The minimum Gasteiger partial charge on any atom is -0.493 e. The van der Waals surface area contributed by atoms with Gasteiger partial charge in [0.1, 0.15) is 0 Å². The van der Waals surface area contributed by atoms with Gasteiger partial charge in [0.05, 0.1) is 14.2 Å². The molecule has 0 radical (unpaired) electrons. The quantitative estimate of drug-likeness (QED) is 0.737. The molecule has 1 aliphatic heterocycles. The largest absolute Gasteiger partial charge is 0.493 e. The lowest BCUT2D eigenvalue weighted by Crippen LogP contribution is -2.44. The monoisotopic (exact) mass is 418 g/mol. The molecule has 1 heterocycles. The summed E-state index contributed by atoms with van der Waals surface area (Å²) < 4.78 is 51.0. The Morgan fingerprint density at radius 2 is 1.79 bits per heavy atom. The lowest BCUT2D eigenvalue weighted by molar-refractivity contribution is -0.162. The molecule has 1 fully saturated rings. The van der Waals surface area contributed by atoms with Crippen LogP contribution in [0.25, 0.3) is 0 Å². The molecule has 0 unspecified atom stereocenters. The predicted molar refractivity (Wildman–Crippen MR) is 98.0 cm³/mol. The molecule has 1 aromatic rings. The molecule has 0 aliphatic carbocycles. The van der Waals surface area contributed by atoms with Crippen molar-refractivity contribution in [1.82, 2.24) is 10.2 Å². The van der Waals surface area contributed by atoms with E-state index in [0.717, 1.165) is 5.56 Å². The van der Waals surface area contributed by atoms with Crippen molar-refractivity contribution >= 4 is 12.0 Å². The van der Waals surface area contributed by atoms with Crippen LogP contribution in [0.5, 0.6) is 11.5 Å². The zero-order valence-corrected chi connectivity index (χ0v) is 16.4. The molecular weight excluding hydrogens is 393 g/mol. The molecule has 1 saturated heterocycles. The molecule has 7 nitrogen and oxygen atoms in total. The summed E-state index contributed by atoms with van der Waals surface area (Å²) in [6, 6.07) is 5.53. The van der Waals surface area contributed by atoms with Crippen LogP contribution >= 0.6 is 0 Å². The van der Waals surface area contributed by atoms with Gasteiger partial charge in [0.25, 0.3) is 0 Å². The van der Waals surface area contributed by atoms with Gasteiger partial charge in [0.15, 0.2) is 18.1 Å².